The molecule has 1 atom stereocenters. The Labute approximate surface area is 113 Å². The summed E-state index contributed by atoms with van der Waals surface area (Å²) in [6, 6.07) is 0.410. The molecule has 6 heteroatoms. The zero-order valence-corrected chi connectivity index (χ0v) is 11.9. The van der Waals surface area contributed by atoms with E-state index in [4.69, 9.17) is 0 Å². The lowest BCUT2D eigenvalue weighted by Crippen LogP contribution is -2.32. The quantitative estimate of drug-likeness (QED) is 0.801. The summed E-state index contributed by atoms with van der Waals surface area (Å²) in [5.41, 5.74) is 0. The van der Waals surface area contributed by atoms with Gasteiger partial charge in [0.25, 0.3) is 0 Å². The van der Waals surface area contributed by atoms with Crippen molar-refractivity contribution in [2.75, 3.05) is 6.54 Å². The van der Waals surface area contributed by atoms with E-state index in [1.165, 1.54) is 0 Å². The minimum Gasteiger partial charge on any atom is -0.333 e. The first-order valence-corrected chi connectivity index (χ1v) is 6.77. The Hall–Kier alpha value is -1.69. The van der Waals surface area contributed by atoms with Crippen LogP contribution in [0.15, 0.2) is 18.7 Å². The van der Waals surface area contributed by atoms with E-state index >= 15 is 0 Å². The molecule has 0 aliphatic carbocycles. The van der Waals surface area contributed by atoms with Crippen LogP contribution in [0.2, 0.25) is 0 Å². The molecule has 0 saturated heterocycles. The molecule has 1 N–H and O–H groups in total. The van der Waals surface area contributed by atoms with Crippen LogP contribution < -0.4 is 5.32 Å². The molecule has 0 saturated carbocycles. The zero-order chi connectivity index (χ0) is 13.7. The lowest BCUT2D eigenvalue weighted by atomic mass is 10.3. The lowest BCUT2D eigenvalue weighted by molar-refractivity contribution is 0.467. The normalized spacial score (nSPS) is 12.8. The summed E-state index contributed by atoms with van der Waals surface area (Å²) in [4.78, 5) is 8.55. The van der Waals surface area contributed by atoms with Gasteiger partial charge in [0.15, 0.2) is 0 Å². The van der Waals surface area contributed by atoms with Gasteiger partial charge in [0.05, 0.1) is 0 Å². The van der Waals surface area contributed by atoms with Gasteiger partial charge >= 0.3 is 0 Å². The van der Waals surface area contributed by atoms with Crippen LogP contribution >= 0.6 is 0 Å². The summed E-state index contributed by atoms with van der Waals surface area (Å²) >= 11 is 0. The van der Waals surface area contributed by atoms with Gasteiger partial charge in [-0.15, -0.1) is 0 Å². The van der Waals surface area contributed by atoms with Crippen LogP contribution in [-0.2, 0) is 26.4 Å². The third-order valence-corrected chi connectivity index (χ3v) is 3.24. The fourth-order valence-corrected chi connectivity index (χ4v) is 2.16. The standard InChI is InChI=1S/C13H22N6/c1-4-12-15-7-8-19(12)9-11(2)14-6-5-13-16-10-17-18(13)3/h7-8,10-11,14H,4-6,9H2,1-3H3. The summed E-state index contributed by atoms with van der Waals surface area (Å²) in [5.74, 6) is 2.15. The molecule has 19 heavy (non-hydrogen) atoms. The highest BCUT2D eigenvalue weighted by molar-refractivity contribution is 4.92. The monoisotopic (exact) mass is 262 g/mol. The second kappa shape index (κ2) is 6.47. The first kappa shape index (κ1) is 13.7. The second-order valence-corrected chi connectivity index (χ2v) is 4.75. The number of imidazole rings is 1. The highest BCUT2D eigenvalue weighted by Crippen LogP contribution is 2.00. The van der Waals surface area contributed by atoms with Gasteiger partial charge in [0, 0.05) is 51.4 Å². The molecule has 0 aliphatic rings. The maximum absolute atomic E-state index is 4.33. The summed E-state index contributed by atoms with van der Waals surface area (Å²) < 4.78 is 4.03. The van der Waals surface area contributed by atoms with E-state index in [1.807, 2.05) is 24.1 Å². The van der Waals surface area contributed by atoms with Gasteiger partial charge in [-0.05, 0) is 6.92 Å². The van der Waals surface area contributed by atoms with E-state index < -0.39 is 0 Å². The molecule has 0 fully saturated rings. The molecule has 0 bridgehead atoms. The third kappa shape index (κ3) is 3.64. The average Bonchev–Trinajstić information content (AvgIpc) is 2.99. The van der Waals surface area contributed by atoms with Gasteiger partial charge < -0.3 is 9.88 Å². The van der Waals surface area contributed by atoms with E-state index in [0.29, 0.717) is 6.04 Å². The Bertz CT molecular complexity index is 501. The molecule has 0 radical (unpaired) electrons. The van der Waals surface area contributed by atoms with E-state index in [1.54, 1.807) is 6.33 Å². The molecule has 2 aromatic rings. The van der Waals surface area contributed by atoms with Crippen LogP contribution in [0, 0.1) is 0 Å². The molecule has 104 valence electrons. The molecule has 2 heterocycles. The molecule has 2 rings (SSSR count). The minimum absolute atomic E-state index is 0.410. The van der Waals surface area contributed by atoms with Crippen molar-refractivity contribution in [3.05, 3.63) is 30.4 Å². The summed E-state index contributed by atoms with van der Waals surface area (Å²) in [7, 11) is 1.92. The molecular formula is C13H22N6. The fraction of sp³-hybridized carbons (Fsp3) is 0.615. The Morgan fingerprint density at radius 2 is 2.16 bits per heavy atom. The van der Waals surface area contributed by atoms with Crippen LogP contribution in [0.1, 0.15) is 25.5 Å². The van der Waals surface area contributed by atoms with E-state index in [-0.39, 0.29) is 0 Å². The van der Waals surface area contributed by atoms with E-state index in [2.05, 4.69) is 38.8 Å². The number of rotatable bonds is 7. The predicted octanol–water partition coefficient (Wildman–Crippen LogP) is 0.795. The van der Waals surface area contributed by atoms with Crippen LogP contribution in [0.4, 0.5) is 0 Å². The number of nitrogens with zero attached hydrogens (tertiary/aromatic N) is 5. The van der Waals surface area contributed by atoms with Crippen LogP contribution in [0.25, 0.3) is 0 Å². The first-order valence-electron chi connectivity index (χ1n) is 6.77. The molecular weight excluding hydrogens is 240 g/mol. The van der Waals surface area contributed by atoms with Crippen molar-refractivity contribution in [3.8, 4) is 0 Å². The molecule has 0 aromatic carbocycles. The summed E-state index contributed by atoms with van der Waals surface area (Å²) in [6.07, 6.45) is 7.37. The van der Waals surface area contributed by atoms with Crippen LogP contribution in [0.3, 0.4) is 0 Å². The summed E-state index contributed by atoms with van der Waals surface area (Å²) in [6.45, 7) is 6.17. The van der Waals surface area contributed by atoms with Crippen LogP contribution in [-0.4, -0.2) is 36.9 Å². The van der Waals surface area contributed by atoms with Gasteiger partial charge in [0.1, 0.15) is 18.0 Å². The SMILES string of the molecule is CCc1nccn1CC(C)NCCc1ncnn1C. The molecule has 6 nitrogen and oxygen atoms in total. The maximum atomic E-state index is 4.33. The first-order chi connectivity index (χ1) is 9.20. The zero-order valence-electron chi connectivity index (χ0n) is 11.9. The smallest absolute Gasteiger partial charge is 0.138 e. The number of hydrogen-bond donors (Lipinski definition) is 1. The average molecular weight is 262 g/mol. The second-order valence-electron chi connectivity index (χ2n) is 4.75. The van der Waals surface area contributed by atoms with Crippen molar-refractivity contribution in [3.63, 3.8) is 0 Å². The van der Waals surface area contributed by atoms with E-state index in [9.17, 15) is 0 Å². The number of hydrogen-bond acceptors (Lipinski definition) is 4. The van der Waals surface area contributed by atoms with Crippen molar-refractivity contribution in [2.24, 2.45) is 7.05 Å². The largest absolute Gasteiger partial charge is 0.333 e. The topological polar surface area (TPSA) is 60.6 Å². The highest BCUT2D eigenvalue weighted by Gasteiger charge is 2.06. The van der Waals surface area contributed by atoms with Crippen molar-refractivity contribution in [1.82, 2.24) is 29.6 Å². The molecule has 0 spiro atoms. The van der Waals surface area contributed by atoms with Gasteiger partial charge in [-0.3, -0.25) is 4.68 Å². The number of aromatic nitrogens is 5. The molecule has 2 aromatic heterocycles. The van der Waals surface area contributed by atoms with Crippen LogP contribution in [0.5, 0.6) is 0 Å². The van der Waals surface area contributed by atoms with Crippen molar-refractivity contribution < 1.29 is 0 Å². The van der Waals surface area contributed by atoms with Gasteiger partial charge in [-0.25, -0.2) is 9.97 Å². The number of aryl methyl sites for hydroxylation is 2. The van der Waals surface area contributed by atoms with E-state index in [0.717, 1.165) is 37.6 Å². The Kier molecular flexibility index (Phi) is 4.68. The Morgan fingerprint density at radius 1 is 1.32 bits per heavy atom. The molecule has 0 amide bonds. The Balaban J connectivity index is 1.76. The van der Waals surface area contributed by atoms with Gasteiger partial charge in [-0.1, -0.05) is 6.92 Å². The van der Waals surface area contributed by atoms with Crippen molar-refractivity contribution in [1.29, 1.82) is 0 Å². The van der Waals surface area contributed by atoms with Gasteiger partial charge in [0.2, 0.25) is 0 Å². The van der Waals surface area contributed by atoms with Crippen molar-refractivity contribution >= 4 is 0 Å². The number of nitrogens with one attached hydrogen (secondary N) is 1. The van der Waals surface area contributed by atoms with Crippen molar-refractivity contribution in [2.45, 2.75) is 39.3 Å². The maximum Gasteiger partial charge on any atom is 0.138 e. The Morgan fingerprint density at radius 3 is 2.84 bits per heavy atom. The minimum atomic E-state index is 0.410. The molecule has 1 unspecified atom stereocenters. The molecule has 0 aliphatic heterocycles. The van der Waals surface area contributed by atoms with Gasteiger partial charge in [-0.2, -0.15) is 5.10 Å². The highest BCUT2D eigenvalue weighted by atomic mass is 15.3. The summed E-state index contributed by atoms with van der Waals surface area (Å²) in [5, 5.41) is 7.57. The lowest BCUT2D eigenvalue weighted by Gasteiger charge is -2.15. The predicted molar refractivity (Wildman–Crippen MR) is 73.8 cm³/mol. The third-order valence-electron chi connectivity index (χ3n) is 3.24. The fourth-order valence-electron chi connectivity index (χ4n) is 2.16.